The van der Waals surface area contributed by atoms with Crippen LogP contribution in [0.4, 0.5) is 4.39 Å². The first-order valence-corrected chi connectivity index (χ1v) is 10.2. The van der Waals surface area contributed by atoms with Crippen molar-refractivity contribution in [2.75, 3.05) is 18.6 Å². The second-order valence-electron chi connectivity index (χ2n) is 6.47. The zero-order chi connectivity index (χ0) is 17.2. The molecule has 0 unspecified atom stereocenters. The maximum absolute atomic E-state index is 13.0. The van der Waals surface area contributed by atoms with Crippen LogP contribution in [0.2, 0.25) is 0 Å². The van der Waals surface area contributed by atoms with Crippen molar-refractivity contribution in [1.82, 2.24) is 15.1 Å². The molecule has 0 saturated heterocycles. The molecule has 1 aromatic heterocycles. The van der Waals surface area contributed by atoms with Crippen LogP contribution in [-0.4, -0.2) is 42.8 Å². The summed E-state index contributed by atoms with van der Waals surface area (Å²) in [6, 6.07) is 8.14. The first-order valence-electron chi connectivity index (χ1n) is 8.12. The highest BCUT2D eigenvalue weighted by molar-refractivity contribution is 7.90. The van der Waals surface area contributed by atoms with Gasteiger partial charge in [0, 0.05) is 31.5 Å². The summed E-state index contributed by atoms with van der Waals surface area (Å²) in [6.07, 6.45) is 6.06. The van der Waals surface area contributed by atoms with Crippen LogP contribution >= 0.6 is 0 Å². The number of nitrogens with one attached hydrogen (secondary N) is 1. The Kier molecular flexibility index (Phi) is 5.01. The van der Waals surface area contributed by atoms with E-state index in [0.29, 0.717) is 12.5 Å². The van der Waals surface area contributed by atoms with E-state index >= 15 is 0 Å². The molecule has 1 atom stereocenters. The van der Waals surface area contributed by atoms with Gasteiger partial charge < -0.3 is 5.32 Å². The predicted molar refractivity (Wildman–Crippen MR) is 91.5 cm³/mol. The second kappa shape index (κ2) is 7.03. The molecule has 1 aliphatic carbocycles. The Labute approximate surface area is 141 Å². The maximum Gasteiger partial charge on any atom is 0.148 e. The third-order valence-corrected chi connectivity index (χ3v) is 5.16. The Bertz CT molecular complexity index is 782. The standard InChI is InChI=1S/C17H22FN3O2S/c1-24(22,23)12-17(13-2-3-13)19-10-8-15-9-11-21(20-15)16-6-4-14(18)5-7-16/h4-7,9,11,13,17,19H,2-3,8,10,12H2,1H3/t17-/m1/s1. The van der Waals surface area contributed by atoms with E-state index in [1.807, 2.05) is 12.3 Å². The van der Waals surface area contributed by atoms with Crippen LogP contribution in [-0.2, 0) is 16.3 Å². The van der Waals surface area contributed by atoms with E-state index in [2.05, 4.69) is 10.4 Å². The molecule has 1 saturated carbocycles. The molecule has 1 N–H and O–H groups in total. The summed E-state index contributed by atoms with van der Waals surface area (Å²) in [7, 11) is -2.97. The van der Waals surface area contributed by atoms with Crippen LogP contribution < -0.4 is 5.32 Å². The molecule has 2 aromatic rings. The Hall–Kier alpha value is -1.73. The van der Waals surface area contributed by atoms with Gasteiger partial charge in [-0.25, -0.2) is 17.5 Å². The van der Waals surface area contributed by atoms with Gasteiger partial charge in [-0.05, 0) is 49.1 Å². The van der Waals surface area contributed by atoms with Gasteiger partial charge in [0.2, 0.25) is 0 Å². The van der Waals surface area contributed by atoms with Gasteiger partial charge in [0.25, 0.3) is 0 Å². The highest BCUT2D eigenvalue weighted by Gasteiger charge is 2.32. The summed E-state index contributed by atoms with van der Waals surface area (Å²) in [5.41, 5.74) is 1.73. The van der Waals surface area contributed by atoms with Crippen molar-refractivity contribution in [3.05, 3.63) is 48.0 Å². The van der Waals surface area contributed by atoms with E-state index < -0.39 is 9.84 Å². The van der Waals surface area contributed by atoms with Gasteiger partial charge in [0.15, 0.2) is 0 Å². The van der Waals surface area contributed by atoms with Crippen molar-refractivity contribution in [3.8, 4) is 5.69 Å². The predicted octanol–water partition coefficient (Wildman–Crippen LogP) is 1.97. The van der Waals surface area contributed by atoms with E-state index in [-0.39, 0.29) is 17.6 Å². The molecule has 0 radical (unpaired) electrons. The quantitative estimate of drug-likeness (QED) is 0.790. The van der Waals surface area contributed by atoms with Crippen LogP contribution in [0, 0.1) is 11.7 Å². The average Bonchev–Trinajstić information content (AvgIpc) is 3.25. The summed E-state index contributed by atoms with van der Waals surface area (Å²) in [6.45, 7) is 0.692. The van der Waals surface area contributed by atoms with Crippen molar-refractivity contribution in [3.63, 3.8) is 0 Å². The molecular formula is C17H22FN3O2S. The van der Waals surface area contributed by atoms with Crippen molar-refractivity contribution >= 4 is 9.84 Å². The number of rotatable bonds is 8. The van der Waals surface area contributed by atoms with Gasteiger partial charge in [-0.1, -0.05) is 0 Å². The maximum atomic E-state index is 13.0. The van der Waals surface area contributed by atoms with Crippen molar-refractivity contribution < 1.29 is 12.8 Å². The molecular weight excluding hydrogens is 329 g/mol. The minimum absolute atomic E-state index is 0.0409. The Balaban J connectivity index is 1.54. The van der Waals surface area contributed by atoms with Gasteiger partial charge in [-0.2, -0.15) is 5.10 Å². The molecule has 0 bridgehead atoms. The summed E-state index contributed by atoms with van der Waals surface area (Å²) < 4.78 is 37.7. The van der Waals surface area contributed by atoms with Gasteiger partial charge in [0.1, 0.15) is 15.7 Å². The van der Waals surface area contributed by atoms with E-state index in [1.165, 1.54) is 18.4 Å². The van der Waals surface area contributed by atoms with E-state index in [9.17, 15) is 12.8 Å². The van der Waals surface area contributed by atoms with E-state index in [0.717, 1.165) is 30.6 Å². The fourth-order valence-corrected chi connectivity index (χ4v) is 3.85. The normalized spacial score (nSPS) is 16.2. The second-order valence-corrected chi connectivity index (χ2v) is 8.65. The van der Waals surface area contributed by atoms with Crippen molar-refractivity contribution in [2.24, 2.45) is 5.92 Å². The van der Waals surface area contributed by atoms with Gasteiger partial charge >= 0.3 is 0 Å². The fraction of sp³-hybridized carbons (Fsp3) is 0.471. The van der Waals surface area contributed by atoms with Gasteiger partial charge in [0.05, 0.1) is 17.1 Å². The zero-order valence-corrected chi connectivity index (χ0v) is 14.5. The molecule has 1 aliphatic rings. The van der Waals surface area contributed by atoms with Crippen LogP contribution in [0.15, 0.2) is 36.5 Å². The monoisotopic (exact) mass is 351 g/mol. The molecule has 0 aliphatic heterocycles. The van der Waals surface area contributed by atoms with E-state index in [4.69, 9.17) is 0 Å². The number of hydrogen-bond acceptors (Lipinski definition) is 4. The molecule has 1 fully saturated rings. The number of hydrogen-bond donors (Lipinski definition) is 1. The molecule has 1 aromatic carbocycles. The van der Waals surface area contributed by atoms with E-state index in [1.54, 1.807) is 16.8 Å². The van der Waals surface area contributed by atoms with Gasteiger partial charge in [-0.15, -0.1) is 0 Å². The Morgan fingerprint density at radius 2 is 2.00 bits per heavy atom. The third kappa shape index (κ3) is 4.88. The molecule has 24 heavy (non-hydrogen) atoms. The lowest BCUT2D eigenvalue weighted by molar-refractivity contribution is 0.492. The Morgan fingerprint density at radius 3 is 2.62 bits per heavy atom. The molecule has 1 heterocycles. The number of aromatic nitrogens is 2. The number of benzene rings is 1. The average molecular weight is 351 g/mol. The number of nitrogens with zero attached hydrogens (tertiary/aromatic N) is 2. The zero-order valence-electron chi connectivity index (χ0n) is 13.7. The first-order chi connectivity index (χ1) is 11.4. The van der Waals surface area contributed by atoms with Crippen LogP contribution in [0.25, 0.3) is 5.69 Å². The number of sulfone groups is 1. The molecule has 5 nitrogen and oxygen atoms in total. The smallest absolute Gasteiger partial charge is 0.148 e. The number of halogens is 1. The van der Waals surface area contributed by atoms with Crippen molar-refractivity contribution in [2.45, 2.75) is 25.3 Å². The van der Waals surface area contributed by atoms with Crippen LogP contribution in [0.5, 0.6) is 0 Å². The topological polar surface area (TPSA) is 64.0 Å². The molecule has 3 rings (SSSR count). The summed E-state index contributed by atoms with van der Waals surface area (Å²) in [5, 5.41) is 7.84. The fourth-order valence-electron chi connectivity index (χ4n) is 2.80. The van der Waals surface area contributed by atoms with Gasteiger partial charge in [-0.3, -0.25) is 0 Å². The largest absolute Gasteiger partial charge is 0.312 e. The summed E-state index contributed by atoms with van der Waals surface area (Å²) in [5.74, 6) is 0.408. The SMILES string of the molecule is CS(=O)(=O)C[C@@H](NCCc1ccn(-c2ccc(F)cc2)n1)C1CC1. The highest BCUT2D eigenvalue weighted by atomic mass is 32.2. The minimum Gasteiger partial charge on any atom is -0.312 e. The summed E-state index contributed by atoms with van der Waals surface area (Å²) >= 11 is 0. The lowest BCUT2D eigenvalue weighted by Crippen LogP contribution is -2.38. The third-order valence-electron chi connectivity index (χ3n) is 4.20. The van der Waals surface area contributed by atoms with Crippen molar-refractivity contribution in [1.29, 1.82) is 0 Å². The lowest BCUT2D eigenvalue weighted by atomic mass is 10.2. The molecule has 0 spiro atoms. The van der Waals surface area contributed by atoms with Crippen LogP contribution in [0.1, 0.15) is 18.5 Å². The first kappa shape index (κ1) is 17.1. The lowest BCUT2D eigenvalue weighted by Gasteiger charge is -2.16. The Morgan fingerprint density at radius 1 is 1.29 bits per heavy atom. The highest BCUT2D eigenvalue weighted by Crippen LogP contribution is 2.33. The molecule has 130 valence electrons. The summed E-state index contributed by atoms with van der Waals surface area (Å²) in [4.78, 5) is 0. The molecule has 0 amide bonds. The molecule has 7 heteroatoms. The van der Waals surface area contributed by atoms with Crippen LogP contribution in [0.3, 0.4) is 0 Å². The minimum atomic E-state index is -2.97.